The van der Waals surface area contributed by atoms with Gasteiger partial charge in [-0.25, -0.2) is 4.98 Å². The molecule has 0 unspecified atom stereocenters. The van der Waals surface area contributed by atoms with Crippen LogP contribution in [0.25, 0.3) is 10.8 Å². The number of nitrogens with zero attached hydrogens (tertiary/aromatic N) is 1. The molecule has 5 nitrogen and oxygen atoms in total. The number of aromatic hydroxyl groups is 1. The number of phenolic OH excluding ortho intramolecular Hbond substituents is 1. The lowest BCUT2D eigenvalue weighted by atomic mass is 10.1. The number of fused-ring (bicyclic) bond motifs is 1. The van der Waals surface area contributed by atoms with Gasteiger partial charge in [-0.15, -0.1) is 0 Å². The smallest absolute Gasteiger partial charge is 0.307 e. The van der Waals surface area contributed by atoms with Crippen molar-refractivity contribution in [3.8, 4) is 5.75 Å². The molecule has 0 aliphatic rings. The molecular formula is C13H14N2O3. The van der Waals surface area contributed by atoms with Gasteiger partial charge in [-0.2, -0.15) is 0 Å². The van der Waals surface area contributed by atoms with E-state index in [1.54, 1.807) is 18.3 Å². The molecule has 0 saturated carbocycles. The Balaban J connectivity index is 2.17. The number of anilines is 1. The molecule has 5 heteroatoms. The zero-order chi connectivity index (χ0) is 13.0. The summed E-state index contributed by atoms with van der Waals surface area (Å²) in [5, 5.41) is 14.3. The summed E-state index contributed by atoms with van der Waals surface area (Å²) in [7, 11) is 1.36. The molecule has 0 bridgehead atoms. The molecule has 0 fully saturated rings. The number of methoxy groups -OCH3 is 1. The van der Waals surface area contributed by atoms with Gasteiger partial charge in [0.25, 0.3) is 0 Å². The van der Waals surface area contributed by atoms with Gasteiger partial charge in [0.15, 0.2) is 0 Å². The fourth-order valence-corrected chi connectivity index (χ4v) is 1.68. The highest BCUT2D eigenvalue weighted by Gasteiger charge is 2.04. The number of esters is 1. The first kappa shape index (κ1) is 12.2. The third kappa shape index (κ3) is 2.68. The van der Waals surface area contributed by atoms with E-state index in [0.29, 0.717) is 12.4 Å². The van der Waals surface area contributed by atoms with Crippen molar-refractivity contribution in [2.75, 3.05) is 19.0 Å². The molecular weight excluding hydrogens is 232 g/mol. The third-order valence-corrected chi connectivity index (χ3v) is 2.60. The summed E-state index contributed by atoms with van der Waals surface area (Å²) < 4.78 is 4.56. The highest BCUT2D eigenvalue weighted by Crippen LogP contribution is 2.24. The molecule has 0 radical (unpaired) electrons. The lowest BCUT2D eigenvalue weighted by Gasteiger charge is -2.08. The molecule has 2 rings (SSSR count). The zero-order valence-electron chi connectivity index (χ0n) is 10.0. The number of nitrogens with one attached hydrogen (secondary N) is 1. The second-order valence-corrected chi connectivity index (χ2v) is 3.82. The highest BCUT2D eigenvalue weighted by molar-refractivity contribution is 5.92. The number of benzene rings is 1. The Morgan fingerprint density at radius 1 is 1.44 bits per heavy atom. The van der Waals surface area contributed by atoms with Crippen molar-refractivity contribution in [1.29, 1.82) is 0 Å². The Kier molecular flexibility index (Phi) is 3.62. The van der Waals surface area contributed by atoms with Crippen LogP contribution in [0.15, 0.2) is 30.5 Å². The predicted molar refractivity (Wildman–Crippen MR) is 68.5 cm³/mol. The van der Waals surface area contributed by atoms with E-state index < -0.39 is 0 Å². The Labute approximate surface area is 104 Å². The first-order valence-corrected chi connectivity index (χ1v) is 5.59. The minimum Gasteiger partial charge on any atom is -0.508 e. The molecule has 0 atom stereocenters. The summed E-state index contributed by atoms with van der Waals surface area (Å²) in [6.07, 6.45) is 1.95. The summed E-state index contributed by atoms with van der Waals surface area (Å²) in [4.78, 5) is 15.2. The Morgan fingerprint density at radius 3 is 3.06 bits per heavy atom. The van der Waals surface area contributed by atoms with Crippen LogP contribution < -0.4 is 5.32 Å². The van der Waals surface area contributed by atoms with E-state index in [9.17, 15) is 9.90 Å². The van der Waals surface area contributed by atoms with Gasteiger partial charge in [0.05, 0.1) is 13.5 Å². The van der Waals surface area contributed by atoms with Crippen molar-refractivity contribution in [3.63, 3.8) is 0 Å². The van der Waals surface area contributed by atoms with Gasteiger partial charge in [0, 0.05) is 18.1 Å². The predicted octanol–water partition coefficient (Wildman–Crippen LogP) is 1.92. The summed E-state index contributed by atoms with van der Waals surface area (Å²) in [6.45, 7) is 0.439. The number of carbonyl (C=O) groups excluding carboxylic acids is 1. The van der Waals surface area contributed by atoms with Crippen LogP contribution in [0, 0.1) is 0 Å². The molecule has 1 aromatic heterocycles. The number of pyridine rings is 1. The van der Waals surface area contributed by atoms with Gasteiger partial charge in [0.1, 0.15) is 11.6 Å². The van der Waals surface area contributed by atoms with Crippen LogP contribution in [0.2, 0.25) is 0 Å². The Morgan fingerprint density at radius 2 is 2.28 bits per heavy atom. The first-order valence-electron chi connectivity index (χ1n) is 5.59. The second kappa shape index (κ2) is 5.35. The Bertz CT molecular complexity index is 569. The van der Waals surface area contributed by atoms with Crippen LogP contribution in [0.4, 0.5) is 5.82 Å². The molecule has 0 saturated heterocycles. The maximum absolute atomic E-state index is 11.0. The molecule has 0 aliphatic carbocycles. The van der Waals surface area contributed by atoms with Gasteiger partial charge in [-0.3, -0.25) is 4.79 Å². The number of carbonyl (C=O) groups is 1. The summed E-state index contributed by atoms with van der Waals surface area (Å²) in [6, 6.07) is 6.95. The third-order valence-electron chi connectivity index (χ3n) is 2.60. The molecule has 1 heterocycles. The number of ether oxygens (including phenoxy) is 1. The molecule has 94 valence electrons. The Hall–Kier alpha value is -2.30. The highest BCUT2D eigenvalue weighted by atomic mass is 16.5. The number of rotatable bonds is 4. The lowest BCUT2D eigenvalue weighted by Crippen LogP contribution is -2.10. The molecule has 0 amide bonds. The van der Waals surface area contributed by atoms with Crippen molar-refractivity contribution in [2.24, 2.45) is 0 Å². The number of hydrogen-bond donors (Lipinski definition) is 2. The van der Waals surface area contributed by atoms with E-state index in [1.165, 1.54) is 7.11 Å². The van der Waals surface area contributed by atoms with Crippen LogP contribution in [0.1, 0.15) is 6.42 Å². The number of phenols is 1. The molecule has 0 aliphatic heterocycles. The van der Waals surface area contributed by atoms with E-state index in [1.807, 2.05) is 12.1 Å². The van der Waals surface area contributed by atoms with Gasteiger partial charge >= 0.3 is 5.97 Å². The average Bonchev–Trinajstić information content (AvgIpc) is 2.39. The van der Waals surface area contributed by atoms with Gasteiger partial charge in [0.2, 0.25) is 0 Å². The van der Waals surface area contributed by atoms with E-state index in [4.69, 9.17) is 0 Å². The van der Waals surface area contributed by atoms with Crippen LogP contribution in [0.5, 0.6) is 5.75 Å². The average molecular weight is 246 g/mol. The van der Waals surface area contributed by atoms with Crippen LogP contribution in [-0.2, 0) is 9.53 Å². The van der Waals surface area contributed by atoms with E-state index in [2.05, 4.69) is 15.0 Å². The van der Waals surface area contributed by atoms with Crippen LogP contribution in [0.3, 0.4) is 0 Å². The minimum atomic E-state index is -0.273. The standard InChI is InChI=1S/C13H14N2O3/c1-18-12(17)5-7-15-13-11-8-10(16)3-2-9(11)4-6-14-13/h2-4,6,8,16H,5,7H2,1H3,(H,14,15). The SMILES string of the molecule is COC(=O)CCNc1nccc2ccc(O)cc12. The normalized spacial score (nSPS) is 10.3. The van der Waals surface area contributed by atoms with Gasteiger partial charge < -0.3 is 15.2 Å². The lowest BCUT2D eigenvalue weighted by molar-refractivity contribution is -0.140. The topological polar surface area (TPSA) is 71.5 Å². The van der Waals surface area contributed by atoms with Gasteiger partial charge in [-0.1, -0.05) is 6.07 Å². The monoisotopic (exact) mass is 246 g/mol. The van der Waals surface area contributed by atoms with Crippen molar-refractivity contribution >= 4 is 22.6 Å². The van der Waals surface area contributed by atoms with Crippen molar-refractivity contribution in [2.45, 2.75) is 6.42 Å². The van der Waals surface area contributed by atoms with E-state index in [0.717, 1.165) is 10.8 Å². The van der Waals surface area contributed by atoms with Crippen molar-refractivity contribution in [3.05, 3.63) is 30.5 Å². The zero-order valence-corrected chi connectivity index (χ0v) is 10.0. The summed E-state index contributed by atoms with van der Waals surface area (Å²) in [5.41, 5.74) is 0. The molecule has 2 aromatic rings. The largest absolute Gasteiger partial charge is 0.508 e. The fourth-order valence-electron chi connectivity index (χ4n) is 1.68. The van der Waals surface area contributed by atoms with Crippen LogP contribution in [-0.4, -0.2) is 29.7 Å². The number of hydrogen-bond acceptors (Lipinski definition) is 5. The van der Waals surface area contributed by atoms with Gasteiger partial charge in [-0.05, 0) is 23.6 Å². The van der Waals surface area contributed by atoms with Crippen molar-refractivity contribution in [1.82, 2.24) is 4.98 Å². The molecule has 1 aromatic carbocycles. The maximum Gasteiger partial charge on any atom is 0.307 e. The van der Waals surface area contributed by atoms with E-state index in [-0.39, 0.29) is 18.1 Å². The molecule has 0 spiro atoms. The fraction of sp³-hybridized carbons (Fsp3) is 0.231. The summed E-state index contributed by atoms with van der Waals surface area (Å²) in [5.74, 6) is 0.560. The van der Waals surface area contributed by atoms with Crippen molar-refractivity contribution < 1.29 is 14.6 Å². The minimum absolute atomic E-state index is 0.187. The summed E-state index contributed by atoms with van der Waals surface area (Å²) >= 11 is 0. The van der Waals surface area contributed by atoms with E-state index >= 15 is 0 Å². The first-order chi connectivity index (χ1) is 8.70. The number of aromatic nitrogens is 1. The van der Waals surface area contributed by atoms with Crippen LogP contribution >= 0.6 is 0 Å². The molecule has 18 heavy (non-hydrogen) atoms. The second-order valence-electron chi connectivity index (χ2n) is 3.82. The maximum atomic E-state index is 11.0. The quantitative estimate of drug-likeness (QED) is 0.806. The molecule has 2 N–H and O–H groups in total.